The van der Waals surface area contributed by atoms with Crippen LogP contribution in [-0.2, 0) is 5.41 Å². The second kappa shape index (κ2) is 14.8. The van der Waals surface area contributed by atoms with Crippen LogP contribution in [-0.4, -0.2) is 19.1 Å². The van der Waals surface area contributed by atoms with Gasteiger partial charge in [0.1, 0.15) is 11.5 Å². The number of hydrogen-bond acceptors (Lipinski definition) is 3. The number of rotatable bonds is 5. The van der Waals surface area contributed by atoms with Crippen molar-refractivity contribution in [2.45, 2.75) is 5.41 Å². The second-order valence-corrected chi connectivity index (χ2v) is 18.4. The van der Waals surface area contributed by atoms with Gasteiger partial charge in [-0.3, -0.25) is 0 Å². The summed E-state index contributed by atoms with van der Waals surface area (Å²) in [5.74, 6) is 2.43. The van der Waals surface area contributed by atoms with Crippen LogP contribution in [0.15, 0.2) is 243 Å². The van der Waals surface area contributed by atoms with E-state index in [0.29, 0.717) is 5.82 Å². The highest BCUT2D eigenvalue weighted by Gasteiger charge is 2.51. The van der Waals surface area contributed by atoms with Crippen LogP contribution in [0.3, 0.4) is 0 Å². The molecular formula is C65H40N4O. The minimum atomic E-state index is -0.555. The Hall–Kier alpha value is -9.32. The Balaban J connectivity index is 0.932. The molecule has 13 aromatic rings. The van der Waals surface area contributed by atoms with Gasteiger partial charge in [-0.05, 0) is 89.0 Å². The molecule has 5 nitrogen and oxygen atoms in total. The molecule has 0 saturated heterocycles. The molecule has 0 radical (unpaired) electrons. The van der Waals surface area contributed by atoms with Gasteiger partial charge in [0.05, 0.1) is 38.9 Å². The average Bonchev–Trinajstić information content (AvgIpc) is 4.05. The molecule has 1 spiro atoms. The van der Waals surface area contributed by atoms with E-state index in [2.05, 4.69) is 252 Å². The molecule has 5 heteroatoms. The Morgan fingerprint density at radius 1 is 0.329 bits per heavy atom. The number of hydrogen-bond donors (Lipinski definition) is 0. The SMILES string of the molecule is c1ccc(-c2cc(-c3cccc4c3c3ccccc3n4-c3cccc(-n4c5ccccc5c5ccccc54)c3)nc(-c3ccc4c(c3)-c3ccccc3C43c4ccccc4Oc4ccccc43)n2)cc1. The van der Waals surface area contributed by atoms with E-state index in [-0.39, 0.29) is 0 Å². The standard InChI is InChI=1S/C65H40N4O/c1-2-18-41(19-3-1)55-40-56(67-64(66-55)42-36-37-52-50(38-42)45-22-4-8-27-51(45)65(52)53-28-9-14-34-61(53)70-62-35-15-10-29-54(62)65)48-26-17-33-60-63(48)49-25-7-13-32-59(49)69(60)44-21-16-20-43(39-44)68-57-30-11-5-23-46(57)47-24-6-12-31-58(47)68/h1-40H. The van der Waals surface area contributed by atoms with Crippen molar-refractivity contribution in [1.29, 1.82) is 0 Å². The molecule has 0 saturated carbocycles. The fraction of sp³-hybridized carbons (Fsp3) is 0.0154. The molecule has 326 valence electrons. The largest absolute Gasteiger partial charge is 0.457 e. The van der Waals surface area contributed by atoms with E-state index in [9.17, 15) is 0 Å². The van der Waals surface area contributed by atoms with Gasteiger partial charge >= 0.3 is 0 Å². The van der Waals surface area contributed by atoms with E-state index in [1.807, 2.05) is 0 Å². The minimum absolute atomic E-state index is 0.555. The van der Waals surface area contributed by atoms with Crippen LogP contribution in [0.1, 0.15) is 22.3 Å². The van der Waals surface area contributed by atoms with Crippen LogP contribution < -0.4 is 4.74 Å². The van der Waals surface area contributed by atoms with Crippen molar-refractivity contribution in [3.05, 3.63) is 265 Å². The average molecular weight is 893 g/mol. The number of aromatic nitrogens is 4. The van der Waals surface area contributed by atoms with Crippen LogP contribution in [0.25, 0.3) is 100 Å². The molecule has 0 N–H and O–H groups in total. The third-order valence-electron chi connectivity index (χ3n) is 14.8. The van der Waals surface area contributed by atoms with Gasteiger partial charge in [0.2, 0.25) is 0 Å². The normalized spacial score (nSPS) is 13.1. The van der Waals surface area contributed by atoms with Gasteiger partial charge in [-0.1, -0.05) is 176 Å². The number of benzene rings is 10. The fourth-order valence-electron chi connectivity index (χ4n) is 12.0. The first-order valence-electron chi connectivity index (χ1n) is 23.9. The van der Waals surface area contributed by atoms with E-state index < -0.39 is 5.41 Å². The lowest BCUT2D eigenvalue weighted by Crippen LogP contribution is -2.32. The van der Waals surface area contributed by atoms with E-state index >= 15 is 0 Å². The van der Waals surface area contributed by atoms with Crippen LogP contribution in [0.4, 0.5) is 0 Å². The summed E-state index contributed by atoms with van der Waals surface area (Å²) >= 11 is 0. The summed E-state index contributed by atoms with van der Waals surface area (Å²) in [5, 5.41) is 4.79. The third kappa shape index (κ3) is 5.43. The first-order chi connectivity index (χ1) is 34.7. The van der Waals surface area contributed by atoms with Crippen molar-refractivity contribution in [1.82, 2.24) is 19.1 Å². The second-order valence-electron chi connectivity index (χ2n) is 18.4. The van der Waals surface area contributed by atoms with Crippen molar-refractivity contribution in [2.75, 3.05) is 0 Å². The Morgan fingerprint density at radius 3 is 1.56 bits per heavy atom. The van der Waals surface area contributed by atoms with Crippen molar-refractivity contribution in [2.24, 2.45) is 0 Å². The highest BCUT2D eigenvalue weighted by atomic mass is 16.5. The summed E-state index contributed by atoms with van der Waals surface area (Å²) in [5.41, 5.74) is 18.1. The summed E-state index contributed by atoms with van der Waals surface area (Å²) in [7, 11) is 0. The molecule has 4 heterocycles. The quantitative estimate of drug-likeness (QED) is 0.173. The number of fused-ring (bicyclic) bond motifs is 15. The summed E-state index contributed by atoms with van der Waals surface area (Å²) in [6, 6.07) is 87.0. The first kappa shape index (κ1) is 38.8. The molecule has 10 aromatic carbocycles. The number of ether oxygens (including phenoxy) is 1. The summed E-state index contributed by atoms with van der Waals surface area (Å²) in [6.45, 7) is 0. The Bertz CT molecular complexity index is 4200. The Labute approximate surface area is 403 Å². The highest BCUT2D eigenvalue weighted by Crippen LogP contribution is 2.62. The minimum Gasteiger partial charge on any atom is -0.457 e. The van der Waals surface area contributed by atoms with Crippen LogP contribution in [0.2, 0.25) is 0 Å². The smallest absolute Gasteiger partial charge is 0.160 e. The Kier molecular flexibility index (Phi) is 8.21. The molecule has 0 fully saturated rings. The van der Waals surface area contributed by atoms with Crippen molar-refractivity contribution in [3.63, 3.8) is 0 Å². The van der Waals surface area contributed by atoms with E-state index in [4.69, 9.17) is 14.7 Å². The lowest BCUT2D eigenvalue weighted by atomic mass is 9.66. The van der Waals surface area contributed by atoms with Gasteiger partial charge in [0.25, 0.3) is 0 Å². The number of nitrogens with zero attached hydrogens (tertiary/aromatic N) is 4. The molecular weight excluding hydrogens is 853 g/mol. The molecule has 0 atom stereocenters. The lowest BCUT2D eigenvalue weighted by molar-refractivity contribution is 0.436. The van der Waals surface area contributed by atoms with E-state index in [1.54, 1.807) is 0 Å². The maximum Gasteiger partial charge on any atom is 0.160 e. The monoisotopic (exact) mass is 892 g/mol. The molecule has 1 aliphatic heterocycles. The number of para-hydroxylation sites is 5. The summed E-state index contributed by atoms with van der Waals surface area (Å²) in [4.78, 5) is 10.9. The zero-order valence-corrected chi connectivity index (χ0v) is 37.8. The van der Waals surface area contributed by atoms with E-state index in [0.717, 1.165) is 83.9 Å². The summed E-state index contributed by atoms with van der Waals surface area (Å²) < 4.78 is 11.4. The van der Waals surface area contributed by atoms with Crippen molar-refractivity contribution in [3.8, 4) is 67.9 Å². The van der Waals surface area contributed by atoms with Gasteiger partial charge < -0.3 is 13.9 Å². The molecule has 2 aliphatic rings. The van der Waals surface area contributed by atoms with Gasteiger partial charge in [0, 0.05) is 60.7 Å². The molecule has 1 aliphatic carbocycles. The molecule has 15 rings (SSSR count). The molecule has 70 heavy (non-hydrogen) atoms. The van der Waals surface area contributed by atoms with E-state index in [1.165, 1.54) is 44.1 Å². The van der Waals surface area contributed by atoms with Gasteiger partial charge in [-0.2, -0.15) is 0 Å². The van der Waals surface area contributed by atoms with Gasteiger partial charge in [-0.25, -0.2) is 9.97 Å². The fourth-order valence-corrected chi connectivity index (χ4v) is 12.0. The van der Waals surface area contributed by atoms with Crippen molar-refractivity contribution < 1.29 is 4.74 Å². The molecule has 3 aromatic heterocycles. The van der Waals surface area contributed by atoms with Gasteiger partial charge in [0.15, 0.2) is 5.82 Å². The topological polar surface area (TPSA) is 44.9 Å². The Morgan fingerprint density at radius 2 is 0.843 bits per heavy atom. The molecule has 0 amide bonds. The maximum absolute atomic E-state index is 6.61. The predicted octanol–water partition coefficient (Wildman–Crippen LogP) is 16.1. The lowest BCUT2D eigenvalue weighted by Gasteiger charge is -2.39. The predicted molar refractivity (Wildman–Crippen MR) is 284 cm³/mol. The van der Waals surface area contributed by atoms with Crippen LogP contribution in [0, 0.1) is 0 Å². The van der Waals surface area contributed by atoms with Crippen molar-refractivity contribution >= 4 is 43.6 Å². The highest BCUT2D eigenvalue weighted by molar-refractivity contribution is 6.16. The maximum atomic E-state index is 6.61. The zero-order chi connectivity index (χ0) is 45.9. The first-order valence-corrected chi connectivity index (χ1v) is 23.9. The van der Waals surface area contributed by atoms with Crippen LogP contribution >= 0.6 is 0 Å². The summed E-state index contributed by atoms with van der Waals surface area (Å²) in [6.07, 6.45) is 0. The zero-order valence-electron chi connectivity index (χ0n) is 37.8. The van der Waals surface area contributed by atoms with Crippen LogP contribution in [0.5, 0.6) is 11.5 Å². The molecule has 0 unspecified atom stereocenters. The van der Waals surface area contributed by atoms with Gasteiger partial charge in [-0.15, -0.1) is 0 Å². The third-order valence-corrected chi connectivity index (χ3v) is 14.8. The molecule has 0 bridgehead atoms.